The third-order valence-electron chi connectivity index (χ3n) is 11.6. The Kier molecular flexibility index (Phi) is 18.8. The summed E-state index contributed by atoms with van der Waals surface area (Å²) >= 11 is 4.71. The molecule has 0 atom stereocenters. The van der Waals surface area contributed by atoms with Crippen LogP contribution in [0.2, 0.25) is 10.1 Å². The largest absolute Gasteiger partial charge is 0.486 e. The minimum Gasteiger partial charge on any atom is -0.486 e. The normalized spacial score (nSPS) is 12.1. The molecule has 1 N–H and O–H groups in total. The number of carbonyl (C=O) groups excluding carboxylic acids is 1. The number of benzene rings is 6. The van der Waals surface area contributed by atoms with Crippen LogP contribution in [0.5, 0.6) is 11.5 Å². The molecule has 6 aromatic carbocycles. The van der Waals surface area contributed by atoms with Crippen LogP contribution in [0.4, 0.5) is 8.78 Å². The number of carboxylic acid groups (broad SMARTS) is 1. The Labute approximate surface area is 402 Å². The average Bonchev–Trinajstić information content (AvgIpc) is 3.31. The maximum atomic E-state index is 12.8. The zero-order valence-electron chi connectivity index (χ0n) is 39.4. The Hall–Kier alpha value is -5.44. The highest BCUT2D eigenvalue weighted by Gasteiger charge is 2.51. The number of Topliss-reactive ketones (excluding diaryl/α,β-unsaturated/α-hetero) is 1. The van der Waals surface area contributed by atoms with Crippen LogP contribution < -0.4 is 30.2 Å². The third kappa shape index (κ3) is 14.3. The molecule has 0 aliphatic carbocycles. The first-order valence-electron chi connectivity index (χ1n) is 22.6. The van der Waals surface area contributed by atoms with Crippen molar-refractivity contribution in [1.82, 2.24) is 0 Å². The van der Waals surface area contributed by atoms with Gasteiger partial charge in [-0.2, -0.15) is 8.78 Å². The van der Waals surface area contributed by atoms with Crippen molar-refractivity contribution in [2.24, 2.45) is 0 Å². The highest BCUT2D eigenvalue weighted by molar-refractivity contribution is 7.00. The van der Waals surface area contributed by atoms with Crippen molar-refractivity contribution in [3.63, 3.8) is 0 Å². The molecule has 0 spiro atoms. The summed E-state index contributed by atoms with van der Waals surface area (Å²) < 4.78 is 49.7. The van der Waals surface area contributed by atoms with Crippen LogP contribution in [0.1, 0.15) is 65.5 Å². The van der Waals surface area contributed by atoms with E-state index in [1.54, 1.807) is 12.1 Å². The lowest BCUT2D eigenvalue weighted by Crippen LogP contribution is -2.66. The fraction of sp³-hybridized carbons (Fsp3) is 0.309. The molecule has 6 aromatic rings. The minimum absolute atomic E-state index is 0.0289. The highest BCUT2D eigenvalue weighted by Crippen LogP contribution is 2.38. The van der Waals surface area contributed by atoms with Crippen LogP contribution in [-0.2, 0) is 31.3 Å². The Balaban J connectivity index is 0.000000252. The first kappa shape index (κ1) is 52.5. The summed E-state index contributed by atoms with van der Waals surface area (Å²) in [5.74, 6) is -1.54. The average molecular weight is 966 g/mol. The Morgan fingerprint density at radius 3 is 1.06 bits per heavy atom. The predicted octanol–water partition coefficient (Wildman–Crippen LogP) is 10.6. The molecule has 0 saturated heterocycles. The van der Waals surface area contributed by atoms with Crippen LogP contribution >= 0.6 is 11.6 Å². The predicted molar refractivity (Wildman–Crippen MR) is 271 cm³/mol. The van der Waals surface area contributed by atoms with Crippen molar-refractivity contribution in [2.45, 2.75) is 82.7 Å². The monoisotopic (exact) mass is 964 g/mol. The summed E-state index contributed by atoms with van der Waals surface area (Å²) in [6.45, 7) is 13.8. The molecule has 354 valence electrons. The molecule has 0 heterocycles. The number of rotatable bonds is 21. The number of hydrogen-bond acceptors (Lipinski definition) is 6. The molecule has 7 nitrogen and oxygen atoms in total. The molecular weight excluding hydrogens is 902 g/mol. The number of alkyl halides is 3. The Morgan fingerprint density at radius 2 is 0.791 bits per heavy atom. The molecule has 12 heteroatoms. The molecule has 6 rings (SSSR count). The summed E-state index contributed by atoms with van der Waals surface area (Å²) in [5, 5.41) is 9.78. The molecule has 0 aliphatic rings. The van der Waals surface area contributed by atoms with Gasteiger partial charge in [0, 0.05) is 13.2 Å². The van der Waals surface area contributed by atoms with E-state index in [1.807, 2.05) is 48.5 Å². The number of carbonyl (C=O) groups is 2. The van der Waals surface area contributed by atoms with Crippen LogP contribution in [0.15, 0.2) is 170 Å². The Morgan fingerprint density at radius 1 is 0.493 bits per heavy atom. The van der Waals surface area contributed by atoms with Gasteiger partial charge in [0.05, 0.1) is 0 Å². The lowest BCUT2D eigenvalue weighted by Gasteiger charge is -2.43. The fourth-order valence-corrected chi connectivity index (χ4v) is 17.7. The molecule has 0 bridgehead atoms. The molecule has 67 heavy (non-hydrogen) atoms. The second kappa shape index (κ2) is 24.0. The van der Waals surface area contributed by atoms with Crippen molar-refractivity contribution >= 4 is 60.7 Å². The molecule has 0 aromatic heterocycles. The van der Waals surface area contributed by atoms with Gasteiger partial charge in [0.1, 0.15) is 11.5 Å². The number of carboxylic acids is 1. The summed E-state index contributed by atoms with van der Waals surface area (Å²) in [5.41, 5.74) is 2.25. The van der Waals surface area contributed by atoms with Gasteiger partial charge in [-0.3, -0.25) is 4.79 Å². The van der Waals surface area contributed by atoms with Crippen LogP contribution in [-0.4, -0.2) is 65.3 Å². The van der Waals surface area contributed by atoms with Crippen molar-refractivity contribution < 1.29 is 41.8 Å². The molecule has 0 unspecified atom stereocenters. The third-order valence-corrected chi connectivity index (χ3v) is 21.9. The van der Waals surface area contributed by atoms with E-state index in [9.17, 15) is 18.4 Å². The van der Waals surface area contributed by atoms with Gasteiger partial charge in [-0.05, 0) is 104 Å². The van der Waals surface area contributed by atoms with E-state index in [-0.39, 0.29) is 16.7 Å². The van der Waals surface area contributed by atoms with E-state index < -0.39 is 40.4 Å². The SMILES string of the molecule is CC(C)(C)[Si](OCCCc1ccc(OCC(=O)C(F)(F)Cl)cc1)(c1ccccc1)c1ccccc1.CC(C)(C)[Si](OCCCc1ccc(OCC(=O)O)cc1)(c1ccccc1)c1ccccc1. The molecule has 0 fully saturated rings. The van der Waals surface area contributed by atoms with E-state index in [0.717, 1.165) is 31.2 Å². The first-order valence-corrected chi connectivity index (χ1v) is 26.8. The van der Waals surface area contributed by atoms with Gasteiger partial charge in [0.2, 0.25) is 0 Å². The van der Waals surface area contributed by atoms with Gasteiger partial charge in [-0.25, -0.2) is 4.79 Å². The maximum Gasteiger partial charge on any atom is 0.383 e. The minimum atomic E-state index is -3.91. The molecule has 0 amide bonds. The maximum absolute atomic E-state index is 12.8. The topological polar surface area (TPSA) is 91.3 Å². The van der Waals surface area contributed by atoms with Gasteiger partial charge in [-0.15, -0.1) is 0 Å². The zero-order chi connectivity index (χ0) is 48.6. The second-order valence-electron chi connectivity index (χ2n) is 18.4. The summed E-state index contributed by atoms with van der Waals surface area (Å²) in [6, 6.07) is 57.1. The molecule has 0 radical (unpaired) electrons. The second-order valence-corrected chi connectivity index (χ2v) is 27.5. The van der Waals surface area contributed by atoms with Crippen molar-refractivity contribution in [3.05, 3.63) is 181 Å². The van der Waals surface area contributed by atoms with Gasteiger partial charge in [0.15, 0.2) is 13.2 Å². The first-order chi connectivity index (χ1) is 31.9. The number of aryl methyl sites for hydroxylation is 2. The van der Waals surface area contributed by atoms with Gasteiger partial charge < -0.3 is 23.4 Å². The van der Waals surface area contributed by atoms with Crippen LogP contribution in [0.3, 0.4) is 0 Å². The smallest absolute Gasteiger partial charge is 0.383 e. The van der Waals surface area contributed by atoms with Crippen LogP contribution in [0, 0.1) is 0 Å². The van der Waals surface area contributed by atoms with E-state index in [0.29, 0.717) is 24.7 Å². The van der Waals surface area contributed by atoms with Crippen molar-refractivity contribution in [3.8, 4) is 11.5 Å². The molecule has 0 aliphatic heterocycles. The molecular formula is C55H63ClF2O7Si2. The lowest BCUT2D eigenvalue weighted by molar-refractivity contribution is -0.139. The van der Waals surface area contributed by atoms with Gasteiger partial charge >= 0.3 is 11.4 Å². The Bertz CT molecular complexity index is 2330. The van der Waals surface area contributed by atoms with E-state index >= 15 is 0 Å². The quantitative estimate of drug-likeness (QED) is 0.0436. The van der Waals surface area contributed by atoms with Crippen molar-refractivity contribution in [1.29, 1.82) is 0 Å². The van der Waals surface area contributed by atoms with Crippen molar-refractivity contribution in [2.75, 3.05) is 26.4 Å². The van der Waals surface area contributed by atoms with Gasteiger partial charge in [0.25, 0.3) is 22.4 Å². The lowest BCUT2D eigenvalue weighted by atomic mass is 10.1. The number of aliphatic carboxylic acids is 1. The summed E-state index contributed by atoms with van der Waals surface area (Å²) in [4.78, 5) is 21.9. The number of ether oxygens (including phenoxy) is 2. The number of ketones is 1. The standard InChI is InChI=1S/C28H31ClF2O3Si.C27H32O4Si/c1-27(2,3)35(24-12-6-4-7-13-24,25-14-8-5-9-15-25)34-20-10-11-22-16-18-23(19-17-22)33-21-26(32)28(29,30)31;1-27(2,3)32(24-12-6-4-7-13-24,25-14-8-5-9-15-25)31-20-10-11-22-16-18-23(19-17-22)30-21-26(28)29/h4-9,12-19H,10-11,20-21H2,1-3H3;4-9,12-19H,10-11,20-21H2,1-3H3,(H,28,29). The molecule has 0 saturated carbocycles. The van der Waals surface area contributed by atoms with Crippen LogP contribution in [0.25, 0.3) is 0 Å². The summed E-state index contributed by atoms with van der Waals surface area (Å²) in [7, 11) is -5.05. The van der Waals surface area contributed by atoms with Gasteiger partial charge in [-0.1, -0.05) is 187 Å². The highest BCUT2D eigenvalue weighted by atomic mass is 35.5. The van der Waals surface area contributed by atoms with E-state index in [2.05, 4.69) is 151 Å². The number of halogens is 3. The fourth-order valence-electron chi connectivity index (χ4n) is 8.41. The van der Waals surface area contributed by atoms with E-state index in [1.165, 1.54) is 26.3 Å². The number of hydrogen-bond donors (Lipinski definition) is 1. The summed E-state index contributed by atoms with van der Waals surface area (Å²) in [6.07, 6.45) is 3.40. The zero-order valence-corrected chi connectivity index (χ0v) is 42.1. The van der Waals surface area contributed by atoms with E-state index in [4.69, 9.17) is 35.0 Å².